The fourth-order valence-electron chi connectivity index (χ4n) is 2.41. The van der Waals surface area contributed by atoms with Crippen LogP contribution in [0.4, 0.5) is 10.1 Å². The van der Waals surface area contributed by atoms with E-state index < -0.39 is 0 Å². The van der Waals surface area contributed by atoms with Crippen LogP contribution in [0.2, 0.25) is 0 Å². The molecule has 1 saturated heterocycles. The molecule has 0 saturated carbocycles. The molecule has 1 aromatic rings. The molecule has 0 aromatic heterocycles. The summed E-state index contributed by atoms with van der Waals surface area (Å²) in [6, 6.07) is 5.78. The second-order valence-corrected chi connectivity index (χ2v) is 5.68. The highest BCUT2D eigenvalue weighted by atomic mass is 35.5. The number of benzene rings is 1. The van der Waals surface area contributed by atoms with E-state index in [1.165, 1.54) is 12.1 Å². The Hall–Kier alpha value is -1.70. The quantitative estimate of drug-likeness (QED) is 0.794. The number of hydrogen-bond acceptors (Lipinski definition) is 4. The van der Waals surface area contributed by atoms with Gasteiger partial charge in [-0.15, -0.1) is 12.4 Å². The van der Waals surface area contributed by atoms with Gasteiger partial charge in [-0.1, -0.05) is 6.07 Å². The van der Waals surface area contributed by atoms with Crippen molar-refractivity contribution in [2.45, 2.75) is 6.42 Å². The van der Waals surface area contributed by atoms with Gasteiger partial charge in [-0.25, -0.2) is 4.39 Å². The smallest absolute Gasteiger partial charge is 0.236 e. The summed E-state index contributed by atoms with van der Waals surface area (Å²) in [6.07, 6.45) is 0.252. The largest absolute Gasteiger partial charge is 0.339 e. The lowest BCUT2D eigenvalue weighted by atomic mass is 10.3. The molecule has 0 atom stereocenters. The van der Waals surface area contributed by atoms with Gasteiger partial charge in [-0.05, 0) is 25.2 Å². The minimum atomic E-state index is -0.387. The molecule has 2 rings (SSSR count). The molecular formula is C16H24ClFN4O2. The number of anilines is 1. The minimum absolute atomic E-state index is 0. The topological polar surface area (TPSA) is 64.7 Å². The summed E-state index contributed by atoms with van der Waals surface area (Å²) in [5.41, 5.74) is 0.439. The van der Waals surface area contributed by atoms with Gasteiger partial charge < -0.3 is 15.5 Å². The second kappa shape index (κ2) is 10.2. The molecule has 6 nitrogen and oxygen atoms in total. The average molecular weight is 359 g/mol. The van der Waals surface area contributed by atoms with E-state index in [2.05, 4.69) is 10.6 Å². The zero-order valence-electron chi connectivity index (χ0n) is 13.8. The van der Waals surface area contributed by atoms with Crippen LogP contribution in [-0.2, 0) is 9.59 Å². The third-order valence-corrected chi connectivity index (χ3v) is 3.70. The number of piperazine rings is 1. The number of likely N-dealkylation sites (N-methyl/N-ethyl adjacent to an activating group) is 1. The maximum atomic E-state index is 13.0. The van der Waals surface area contributed by atoms with E-state index in [0.29, 0.717) is 18.8 Å². The Morgan fingerprint density at radius 3 is 2.71 bits per heavy atom. The van der Waals surface area contributed by atoms with E-state index in [0.717, 1.165) is 26.2 Å². The van der Waals surface area contributed by atoms with Crippen LogP contribution in [0, 0.1) is 5.82 Å². The van der Waals surface area contributed by atoms with Crippen LogP contribution < -0.4 is 10.6 Å². The van der Waals surface area contributed by atoms with Crippen molar-refractivity contribution >= 4 is 29.9 Å². The van der Waals surface area contributed by atoms with Crippen LogP contribution in [0.15, 0.2) is 24.3 Å². The van der Waals surface area contributed by atoms with Crippen LogP contribution in [-0.4, -0.2) is 67.9 Å². The summed E-state index contributed by atoms with van der Waals surface area (Å²) in [5, 5.41) is 5.85. The first-order chi connectivity index (χ1) is 11.0. The normalized spacial score (nSPS) is 14.2. The summed E-state index contributed by atoms with van der Waals surface area (Å²) >= 11 is 0. The van der Waals surface area contributed by atoms with Crippen molar-refractivity contribution in [3.8, 4) is 0 Å². The predicted molar refractivity (Wildman–Crippen MR) is 93.8 cm³/mol. The van der Waals surface area contributed by atoms with E-state index in [1.54, 1.807) is 12.1 Å². The molecule has 0 aliphatic carbocycles. The van der Waals surface area contributed by atoms with Gasteiger partial charge in [0, 0.05) is 44.8 Å². The van der Waals surface area contributed by atoms with E-state index in [1.807, 2.05) is 16.8 Å². The van der Waals surface area contributed by atoms with Crippen LogP contribution in [0.1, 0.15) is 6.42 Å². The molecule has 1 aromatic carbocycles. The number of hydrogen-bond donors (Lipinski definition) is 2. The molecule has 0 radical (unpaired) electrons. The Kier molecular flexibility index (Phi) is 8.67. The number of nitrogens with one attached hydrogen (secondary N) is 2. The third-order valence-electron chi connectivity index (χ3n) is 3.70. The number of carbonyl (C=O) groups excluding carboxylic acids is 2. The van der Waals surface area contributed by atoms with Gasteiger partial charge in [0.15, 0.2) is 0 Å². The van der Waals surface area contributed by atoms with Gasteiger partial charge in [0.25, 0.3) is 0 Å². The van der Waals surface area contributed by atoms with E-state index in [4.69, 9.17) is 0 Å². The lowest BCUT2D eigenvalue weighted by molar-refractivity contribution is -0.133. The molecule has 134 valence electrons. The summed E-state index contributed by atoms with van der Waals surface area (Å²) < 4.78 is 13.0. The molecule has 1 heterocycles. The van der Waals surface area contributed by atoms with Crippen molar-refractivity contribution in [3.63, 3.8) is 0 Å². The van der Waals surface area contributed by atoms with Crippen molar-refractivity contribution in [2.75, 3.05) is 51.6 Å². The summed E-state index contributed by atoms with van der Waals surface area (Å²) in [5.74, 6) is -0.502. The first-order valence-electron chi connectivity index (χ1n) is 7.77. The third kappa shape index (κ3) is 6.82. The Morgan fingerprint density at radius 2 is 2.04 bits per heavy atom. The maximum absolute atomic E-state index is 13.0. The average Bonchev–Trinajstić information content (AvgIpc) is 2.54. The zero-order valence-corrected chi connectivity index (χ0v) is 14.6. The van der Waals surface area contributed by atoms with Crippen LogP contribution in [0.3, 0.4) is 0 Å². The lowest BCUT2D eigenvalue weighted by Gasteiger charge is -2.29. The number of amides is 2. The zero-order chi connectivity index (χ0) is 16.7. The summed E-state index contributed by atoms with van der Waals surface area (Å²) in [6.45, 7) is 3.88. The summed E-state index contributed by atoms with van der Waals surface area (Å²) in [7, 11) is 1.82. The molecule has 1 fully saturated rings. The minimum Gasteiger partial charge on any atom is -0.339 e. The molecule has 0 spiro atoms. The van der Waals surface area contributed by atoms with Crippen LogP contribution >= 0.6 is 12.4 Å². The van der Waals surface area contributed by atoms with Crippen molar-refractivity contribution in [3.05, 3.63) is 30.1 Å². The molecule has 2 N–H and O–H groups in total. The molecule has 24 heavy (non-hydrogen) atoms. The molecule has 1 aliphatic rings. The molecule has 8 heteroatoms. The molecular weight excluding hydrogens is 335 g/mol. The number of halogens is 2. The Labute approximate surface area is 147 Å². The van der Waals surface area contributed by atoms with Gasteiger partial charge in [0.1, 0.15) is 5.82 Å². The van der Waals surface area contributed by atoms with Crippen molar-refractivity contribution in [1.82, 2.24) is 15.1 Å². The fourth-order valence-corrected chi connectivity index (χ4v) is 2.41. The second-order valence-electron chi connectivity index (χ2n) is 5.68. The molecule has 2 amide bonds. The van der Waals surface area contributed by atoms with Gasteiger partial charge in [-0.2, -0.15) is 0 Å². The van der Waals surface area contributed by atoms with E-state index >= 15 is 0 Å². The van der Waals surface area contributed by atoms with Gasteiger partial charge in [0.05, 0.1) is 6.54 Å². The van der Waals surface area contributed by atoms with Crippen LogP contribution in [0.5, 0.6) is 0 Å². The van der Waals surface area contributed by atoms with Crippen LogP contribution in [0.25, 0.3) is 0 Å². The highest BCUT2D eigenvalue weighted by Gasteiger charge is 2.17. The molecule has 1 aliphatic heterocycles. The van der Waals surface area contributed by atoms with Gasteiger partial charge >= 0.3 is 0 Å². The standard InChI is InChI=1S/C16H23FN4O2.ClH/c1-20(12-16(23)21-9-6-18-7-10-21)8-5-15(22)19-14-4-2-3-13(17)11-14;/h2-4,11,18H,5-10,12H2,1H3,(H,19,22);1H. The number of nitrogens with zero attached hydrogens (tertiary/aromatic N) is 2. The Balaban J connectivity index is 0.00000288. The first kappa shape index (κ1) is 20.3. The van der Waals surface area contributed by atoms with Crippen molar-refractivity contribution in [2.24, 2.45) is 0 Å². The fraction of sp³-hybridized carbons (Fsp3) is 0.500. The Bertz CT molecular complexity index is 553. The highest BCUT2D eigenvalue weighted by molar-refractivity contribution is 5.90. The van der Waals surface area contributed by atoms with E-state index in [-0.39, 0.29) is 36.5 Å². The number of rotatable bonds is 6. The molecule has 0 bridgehead atoms. The predicted octanol–water partition coefficient (Wildman–Crippen LogP) is 0.940. The van der Waals surface area contributed by atoms with Gasteiger partial charge in [0.2, 0.25) is 11.8 Å². The highest BCUT2D eigenvalue weighted by Crippen LogP contribution is 2.09. The SMILES string of the molecule is CN(CCC(=O)Nc1cccc(F)c1)CC(=O)N1CCNCC1.Cl. The van der Waals surface area contributed by atoms with Gasteiger partial charge in [-0.3, -0.25) is 14.5 Å². The van der Waals surface area contributed by atoms with Crippen molar-refractivity contribution < 1.29 is 14.0 Å². The lowest BCUT2D eigenvalue weighted by Crippen LogP contribution is -2.49. The van der Waals surface area contributed by atoms with E-state index in [9.17, 15) is 14.0 Å². The maximum Gasteiger partial charge on any atom is 0.236 e. The number of carbonyl (C=O) groups is 2. The Morgan fingerprint density at radius 1 is 1.33 bits per heavy atom. The monoisotopic (exact) mass is 358 g/mol. The molecule has 0 unspecified atom stereocenters. The first-order valence-corrected chi connectivity index (χ1v) is 7.77. The van der Waals surface area contributed by atoms with Crippen molar-refractivity contribution in [1.29, 1.82) is 0 Å². The summed E-state index contributed by atoms with van der Waals surface area (Å²) in [4.78, 5) is 27.6.